The average molecular weight is 297 g/mol. The molecule has 1 aliphatic rings. The summed E-state index contributed by atoms with van der Waals surface area (Å²) in [6, 6.07) is 6.51. The third-order valence-corrected chi connectivity index (χ3v) is 3.57. The van der Waals surface area contributed by atoms with Gasteiger partial charge in [0.2, 0.25) is 0 Å². The molecule has 2 N–H and O–H groups in total. The van der Waals surface area contributed by atoms with Crippen molar-refractivity contribution < 1.29 is 14.7 Å². The number of carboxylic acid groups (broad SMARTS) is 1. The Balaban J connectivity index is 0.00000200. The fourth-order valence-corrected chi connectivity index (χ4v) is 1.94. The lowest BCUT2D eigenvalue weighted by molar-refractivity contribution is -0.124. The summed E-state index contributed by atoms with van der Waals surface area (Å²) in [7, 11) is 0. The van der Waals surface area contributed by atoms with E-state index in [0.717, 1.165) is 0 Å². The van der Waals surface area contributed by atoms with Crippen molar-refractivity contribution in [3.63, 3.8) is 0 Å². The molecule has 1 aliphatic heterocycles. The number of benzene rings is 1. The largest absolute Gasteiger partial charge is 0.478 e. The standard InChI is InChI=1S/C14H16N2O3.ClH/c1-8(2)14(3)13(19)15-11(16-14)9-6-4-5-7-10(9)12(17)18;/h4-8H,1-3H3,(H,17,18)(H,15,16,19);1H. The number of carbonyl (C=O) groups excluding carboxylic acids is 1. The van der Waals surface area contributed by atoms with Gasteiger partial charge in [0.1, 0.15) is 11.4 Å². The van der Waals surface area contributed by atoms with Gasteiger partial charge >= 0.3 is 5.97 Å². The van der Waals surface area contributed by atoms with Crippen LogP contribution in [0.5, 0.6) is 0 Å². The summed E-state index contributed by atoms with van der Waals surface area (Å²) in [5.41, 5.74) is -0.275. The Morgan fingerprint density at radius 3 is 2.45 bits per heavy atom. The fraction of sp³-hybridized carbons (Fsp3) is 0.357. The van der Waals surface area contributed by atoms with Gasteiger partial charge in [-0.05, 0) is 18.9 Å². The molecule has 0 bridgehead atoms. The minimum Gasteiger partial charge on any atom is -0.478 e. The maximum absolute atomic E-state index is 12.0. The van der Waals surface area contributed by atoms with Gasteiger partial charge in [-0.3, -0.25) is 9.79 Å². The van der Waals surface area contributed by atoms with E-state index in [0.29, 0.717) is 11.4 Å². The molecule has 0 saturated heterocycles. The van der Waals surface area contributed by atoms with Gasteiger partial charge in [-0.15, -0.1) is 12.4 Å². The first-order valence-electron chi connectivity index (χ1n) is 6.10. The number of amidine groups is 1. The predicted octanol–water partition coefficient (Wildman–Crippen LogP) is 2.10. The number of nitrogens with zero attached hydrogens (tertiary/aromatic N) is 1. The smallest absolute Gasteiger partial charge is 0.336 e. The molecule has 5 nitrogen and oxygen atoms in total. The first-order chi connectivity index (χ1) is 8.86. The number of hydrogen-bond donors (Lipinski definition) is 2. The van der Waals surface area contributed by atoms with Gasteiger partial charge in [-0.25, -0.2) is 4.79 Å². The van der Waals surface area contributed by atoms with Gasteiger partial charge in [0, 0.05) is 5.56 Å². The van der Waals surface area contributed by atoms with E-state index in [2.05, 4.69) is 10.3 Å². The van der Waals surface area contributed by atoms with Crippen LogP contribution >= 0.6 is 12.4 Å². The van der Waals surface area contributed by atoms with Gasteiger partial charge in [0.25, 0.3) is 5.91 Å². The first-order valence-corrected chi connectivity index (χ1v) is 6.10. The molecule has 108 valence electrons. The van der Waals surface area contributed by atoms with Crippen LogP contribution in [0.2, 0.25) is 0 Å². The Labute approximate surface area is 123 Å². The maximum Gasteiger partial charge on any atom is 0.336 e. The molecule has 1 atom stereocenters. The Hall–Kier alpha value is -1.88. The second-order valence-corrected chi connectivity index (χ2v) is 5.07. The minimum absolute atomic E-state index is 0. The summed E-state index contributed by atoms with van der Waals surface area (Å²) in [5.74, 6) is -0.871. The SMILES string of the molecule is CC(C)C1(C)N=C(c2ccccc2C(=O)O)NC1=O.Cl. The molecule has 0 radical (unpaired) electrons. The number of halogens is 1. The molecule has 0 aromatic heterocycles. The number of hydrogen-bond acceptors (Lipinski definition) is 3. The van der Waals surface area contributed by atoms with Crippen molar-refractivity contribution in [3.8, 4) is 0 Å². The van der Waals surface area contributed by atoms with Crippen molar-refractivity contribution in [1.29, 1.82) is 0 Å². The van der Waals surface area contributed by atoms with Crippen molar-refractivity contribution in [3.05, 3.63) is 35.4 Å². The monoisotopic (exact) mass is 296 g/mol. The molecule has 0 saturated carbocycles. The third kappa shape index (κ3) is 2.54. The van der Waals surface area contributed by atoms with Gasteiger partial charge in [0.15, 0.2) is 0 Å². The highest BCUT2D eigenvalue weighted by Gasteiger charge is 2.42. The topological polar surface area (TPSA) is 78.8 Å². The lowest BCUT2D eigenvalue weighted by atomic mass is 9.89. The third-order valence-electron chi connectivity index (χ3n) is 3.57. The van der Waals surface area contributed by atoms with Gasteiger partial charge in [-0.1, -0.05) is 32.0 Å². The molecule has 0 spiro atoms. The van der Waals surface area contributed by atoms with Crippen LogP contribution in [-0.2, 0) is 4.79 Å². The quantitative estimate of drug-likeness (QED) is 0.896. The average Bonchev–Trinajstić information content (AvgIpc) is 2.67. The summed E-state index contributed by atoms with van der Waals surface area (Å²) >= 11 is 0. The number of carbonyl (C=O) groups is 2. The zero-order chi connectivity index (χ0) is 14.2. The highest BCUT2D eigenvalue weighted by Crippen LogP contribution is 2.27. The van der Waals surface area contributed by atoms with Crippen LogP contribution < -0.4 is 5.32 Å². The maximum atomic E-state index is 12.0. The van der Waals surface area contributed by atoms with Gasteiger partial charge in [-0.2, -0.15) is 0 Å². The second-order valence-electron chi connectivity index (χ2n) is 5.07. The summed E-state index contributed by atoms with van der Waals surface area (Å²) in [5, 5.41) is 11.8. The molecule has 6 heteroatoms. The van der Waals surface area contributed by atoms with Crippen molar-refractivity contribution in [1.82, 2.24) is 5.32 Å². The van der Waals surface area contributed by atoms with Crippen molar-refractivity contribution in [2.75, 3.05) is 0 Å². The highest BCUT2D eigenvalue weighted by molar-refractivity contribution is 6.18. The van der Waals surface area contributed by atoms with Crippen LogP contribution in [0.15, 0.2) is 29.3 Å². The van der Waals surface area contributed by atoms with E-state index in [1.54, 1.807) is 25.1 Å². The summed E-state index contributed by atoms with van der Waals surface area (Å²) < 4.78 is 0. The van der Waals surface area contributed by atoms with E-state index in [4.69, 9.17) is 5.11 Å². The molecule has 1 unspecified atom stereocenters. The summed E-state index contributed by atoms with van der Waals surface area (Å²) in [6.45, 7) is 5.58. The van der Waals surface area contributed by atoms with Crippen LogP contribution in [0.1, 0.15) is 36.7 Å². The first kappa shape index (κ1) is 16.2. The van der Waals surface area contributed by atoms with Crippen molar-refractivity contribution in [2.24, 2.45) is 10.9 Å². The van der Waals surface area contributed by atoms with Crippen LogP contribution in [0, 0.1) is 5.92 Å². The lowest BCUT2D eigenvalue weighted by Crippen LogP contribution is -2.41. The summed E-state index contributed by atoms with van der Waals surface area (Å²) in [6.07, 6.45) is 0. The van der Waals surface area contributed by atoms with E-state index >= 15 is 0 Å². The Morgan fingerprint density at radius 1 is 1.35 bits per heavy atom. The van der Waals surface area contributed by atoms with Crippen LogP contribution in [0.25, 0.3) is 0 Å². The number of aliphatic imine (C=N–C) groups is 1. The molecular formula is C14H17ClN2O3. The lowest BCUT2D eigenvalue weighted by Gasteiger charge is -2.21. The minimum atomic E-state index is -1.04. The molecule has 2 rings (SSSR count). The number of amides is 1. The number of nitrogens with one attached hydrogen (secondary N) is 1. The molecule has 1 heterocycles. The normalized spacial score (nSPS) is 21.2. The molecule has 20 heavy (non-hydrogen) atoms. The van der Waals surface area contributed by atoms with Gasteiger partial charge in [0.05, 0.1) is 5.56 Å². The number of aromatic carboxylic acids is 1. The molecule has 1 amide bonds. The number of carboxylic acids is 1. The fourth-order valence-electron chi connectivity index (χ4n) is 1.94. The zero-order valence-corrected chi connectivity index (χ0v) is 12.3. The van der Waals surface area contributed by atoms with E-state index < -0.39 is 11.5 Å². The number of rotatable bonds is 3. The molecule has 0 aliphatic carbocycles. The van der Waals surface area contributed by atoms with E-state index in [-0.39, 0.29) is 29.8 Å². The predicted molar refractivity (Wildman–Crippen MR) is 78.6 cm³/mol. The van der Waals surface area contributed by atoms with Crippen molar-refractivity contribution >= 4 is 30.1 Å². The molecule has 1 aromatic rings. The zero-order valence-electron chi connectivity index (χ0n) is 11.5. The molecule has 0 fully saturated rings. The Kier molecular flexibility index (Phi) is 4.55. The summed E-state index contributed by atoms with van der Waals surface area (Å²) in [4.78, 5) is 27.6. The highest BCUT2D eigenvalue weighted by atomic mass is 35.5. The van der Waals surface area contributed by atoms with E-state index in [1.807, 2.05) is 13.8 Å². The van der Waals surface area contributed by atoms with Crippen LogP contribution in [0.3, 0.4) is 0 Å². The van der Waals surface area contributed by atoms with E-state index in [9.17, 15) is 9.59 Å². The molecule has 1 aromatic carbocycles. The van der Waals surface area contributed by atoms with Gasteiger partial charge < -0.3 is 10.4 Å². The molecular weight excluding hydrogens is 280 g/mol. The Bertz CT molecular complexity index is 584. The van der Waals surface area contributed by atoms with Crippen LogP contribution in [-0.4, -0.2) is 28.4 Å². The van der Waals surface area contributed by atoms with E-state index in [1.165, 1.54) is 6.07 Å². The second kappa shape index (κ2) is 5.63. The van der Waals surface area contributed by atoms with Crippen molar-refractivity contribution in [2.45, 2.75) is 26.3 Å². The Morgan fingerprint density at radius 2 is 1.95 bits per heavy atom. The van der Waals surface area contributed by atoms with Crippen LogP contribution in [0.4, 0.5) is 0 Å².